The molecule has 4 rings (SSSR count). The molecule has 0 aromatic rings. The number of rotatable bonds is 5. The van der Waals surface area contributed by atoms with E-state index in [1.807, 2.05) is 25.9 Å². The summed E-state index contributed by atoms with van der Waals surface area (Å²) in [7, 11) is 5.10. The van der Waals surface area contributed by atoms with Gasteiger partial charge in [-0.1, -0.05) is 27.7 Å². The van der Waals surface area contributed by atoms with Crippen LogP contribution in [0.15, 0.2) is 0 Å². The van der Waals surface area contributed by atoms with Crippen LogP contribution >= 0.6 is 0 Å². The van der Waals surface area contributed by atoms with Crippen LogP contribution in [0.5, 0.6) is 0 Å². The molecule has 4 aliphatic rings. The Labute approximate surface area is 260 Å². The van der Waals surface area contributed by atoms with Gasteiger partial charge in [-0.15, -0.1) is 0 Å². The van der Waals surface area contributed by atoms with Crippen molar-refractivity contribution in [1.29, 1.82) is 0 Å². The quantitative estimate of drug-likeness (QED) is 0.374. The van der Waals surface area contributed by atoms with Crippen LogP contribution in [0.4, 0.5) is 4.79 Å². The second kappa shape index (κ2) is 12.1. The van der Waals surface area contributed by atoms with Crippen molar-refractivity contribution in [3.05, 3.63) is 0 Å². The zero-order chi connectivity index (χ0) is 33.3. The summed E-state index contributed by atoms with van der Waals surface area (Å²) >= 11 is 0. The molecule has 0 aromatic heterocycles. The topological polar surface area (TPSA) is 170 Å². The number of methoxy groups -OCH3 is 1. The second-order valence-corrected chi connectivity index (χ2v) is 14.0. The Morgan fingerprint density at radius 3 is 2.20 bits per heavy atom. The van der Waals surface area contributed by atoms with Crippen LogP contribution in [0.2, 0.25) is 0 Å². The largest absolute Gasteiger partial charge is 0.458 e. The van der Waals surface area contributed by atoms with E-state index in [0.29, 0.717) is 6.42 Å². The van der Waals surface area contributed by atoms with Crippen molar-refractivity contribution < 1.29 is 48.3 Å². The van der Waals surface area contributed by atoms with Gasteiger partial charge in [0.1, 0.15) is 29.3 Å². The van der Waals surface area contributed by atoms with Crippen molar-refractivity contribution in [2.75, 3.05) is 21.2 Å². The molecule has 4 heterocycles. The van der Waals surface area contributed by atoms with Crippen molar-refractivity contribution >= 4 is 17.8 Å². The highest BCUT2D eigenvalue weighted by atomic mass is 16.7. The van der Waals surface area contributed by atoms with Crippen LogP contribution < -0.4 is 5.73 Å². The zero-order valence-electron chi connectivity index (χ0n) is 28.0. The summed E-state index contributed by atoms with van der Waals surface area (Å²) in [5.41, 5.74) is 2.35. The number of nitrogens with two attached hydrogens (primary N) is 1. The summed E-state index contributed by atoms with van der Waals surface area (Å²) in [4.78, 5) is 44.9. The SMILES string of the molecule is CC[C@H]1OC(=O)[C@H](C)C(O)[C@H](C)C(OC2OC(C)CC(N(C)C)C2O)[C@](C)(OC)C2(N)[C@@H](C)C(=O)[C@H](C)C3N2C(=O)O[C@@]31C. The third kappa shape index (κ3) is 4.98. The molecule has 4 aliphatic heterocycles. The number of likely N-dealkylation sites (N-methyl/N-ethyl adjacent to an activating group) is 1. The summed E-state index contributed by atoms with van der Waals surface area (Å²) in [6, 6.07) is -1.23. The molecule has 0 radical (unpaired) electrons. The lowest BCUT2D eigenvalue weighted by atomic mass is 9.62. The Morgan fingerprint density at radius 2 is 1.66 bits per heavy atom. The summed E-state index contributed by atoms with van der Waals surface area (Å²) in [5.74, 6) is -4.55. The molecule has 8 unspecified atom stereocenters. The molecule has 4 bridgehead atoms. The van der Waals surface area contributed by atoms with Gasteiger partial charge in [0.2, 0.25) is 0 Å². The third-order valence-electron chi connectivity index (χ3n) is 11.3. The van der Waals surface area contributed by atoms with Gasteiger partial charge in [0.25, 0.3) is 0 Å². The van der Waals surface area contributed by atoms with Gasteiger partial charge < -0.3 is 44.5 Å². The Hall–Kier alpha value is -1.87. The fourth-order valence-corrected chi connectivity index (χ4v) is 8.36. The van der Waals surface area contributed by atoms with Crippen molar-refractivity contribution in [2.24, 2.45) is 29.4 Å². The Balaban J connectivity index is 1.97. The summed E-state index contributed by atoms with van der Waals surface area (Å²) in [5, 5.41) is 23.1. The highest BCUT2D eigenvalue weighted by Gasteiger charge is 2.74. The number of hydrogen-bond acceptors (Lipinski definition) is 12. The van der Waals surface area contributed by atoms with E-state index in [2.05, 4.69) is 0 Å². The number of carbonyl (C=O) groups excluding carboxylic acids is 3. The molecule has 1 amide bonds. The number of nitrogens with zero attached hydrogens (tertiary/aromatic N) is 2. The number of aliphatic hydroxyl groups excluding tert-OH is 2. The molecule has 15 atom stereocenters. The highest BCUT2D eigenvalue weighted by molar-refractivity contribution is 5.90. The number of hydrogen-bond donors (Lipinski definition) is 3. The molecule has 0 saturated carbocycles. The molecule has 4 N–H and O–H groups in total. The van der Waals surface area contributed by atoms with E-state index < -0.39 is 89.3 Å². The number of ketones is 1. The number of piperidine rings is 1. The number of amides is 1. The lowest BCUT2D eigenvalue weighted by molar-refractivity contribution is -0.317. The Bertz CT molecular complexity index is 1120. The third-order valence-corrected chi connectivity index (χ3v) is 11.3. The number of esters is 1. The second-order valence-electron chi connectivity index (χ2n) is 14.0. The van der Waals surface area contributed by atoms with Crippen LogP contribution in [0.25, 0.3) is 0 Å². The minimum absolute atomic E-state index is 0.227. The van der Waals surface area contributed by atoms with Gasteiger partial charge >= 0.3 is 12.1 Å². The molecule has 4 saturated heterocycles. The van der Waals surface area contributed by atoms with Gasteiger partial charge in [0.05, 0.1) is 36.2 Å². The number of aliphatic hydroxyl groups is 2. The monoisotopic (exact) mass is 627 g/mol. The molecule has 0 aromatic carbocycles. The summed E-state index contributed by atoms with van der Waals surface area (Å²) < 4.78 is 31.0. The van der Waals surface area contributed by atoms with Crippen LogP contribution in [-0.2, 0) is 33.3 Å². The lowest BCUT2D eigenvalue weighted by Crippen LogP contribution is -2.83. The standard InChI is InChI=1S/C31H53N3O10/c1-12-20-29(7)24-15(3)22(36)18(6)31(32,34(24)28(39)44-29)30(8,40-11)25(16(4)21(35)17(5)26(38)42-20)43-27-23(37)19(33(9)10)13-14(2)41-27/h14-21,23-25,27,35,37H,12-13,32H2,1-11H3/t14?,15-,16-,17+,18-,19?,20+,21?,23?,24?,25?,27?,29+,30-,31?/m0/s1. The molecule has 252 valence electrons. The predicted molar refractivity (Wildman–Crippen MR) is 158 cm³/mol. The molecular weight excluding hydrogens is 574 g/mol. The highest BCUT2D eigenvalue weighted by Crippen LogP contribution is 2.53. The first-order chi connectivity index (χ1) is 20.3. The lowest BCUT2D eigenvalue weighted by Gasteiger charge is -2.61. The van der Waals surface area contributed by atoms with E-state index in [1.165, 1.54) is 12.0 Å². The van der Waals surface area contributed by atoms with Gasteiger partial charge in [0.15, 0.2) is 11.9 Å². The molecule has 13 nitrogen and oxygen atoms in total. The van der Waals surface area contributed by atoms with Crippen LogP contribution in [0.3, 0.4) is 0 Å². The van der Waals surface area contributed by atoms with Crippen LogP contribution in [0.1, 0.15) is 68.2 Å². The van der Waals surface area contributed by atoms with Crippen molar-refractivity contribution in [3.63, 3.8) is 0 Å². The first-order valence-electron chi connectivity index (χ1n) is 15.8. The number of Topliss-reactive ketones (excluding diaryl/α,β-unsaturated/α-hetero) is 1. The average molecular weight is 628 g/mol. The summed E-state index contributed by atoms with van der Waals surface area (Å²) in [6.07, 6.45) is -6.03. The maximum absolute atomic E-state index is 14.1. The maximum atomic E-state index is 14.1. The first-order valence-corrected chi connectivity index (χ1v) is 15.8. The Morgan fingerprint density at radius 1 is 1.05 bits per heavy atom. The average Bonchev–Trinajstić information content (AvgIpc) is 3.26. The van der Waals surface area contributed by atoms with Gasteiger partial charge in [-0.2, -0.15) is 0 Å². The number of carbonyl (C=O) groups is 3. The van der Waals surface area contributed by atoms with Crippen molar-refractivity contribution in [2.45, 2.75) is 134 Å². The van der Waals surface area contributed by atoms with Gasteiger partial charge in [-0.3, -0.25) is 14.5 Å². The minimum Gasteiger partial charge on any atom is -0.458 e. The normalized spacial score (nSPS) is 50.2. The summed E-state index contributed by atoms with van der Waals surface area (Å²) in [6.45, 7) is 13.6. The van der Waals surface area contributed by atoms with E-state index in [1.54, 1.807) is 48.5 Å². The van der Waals surface area contributed by atoms with E-state index in [0.717, 1.165) is 0 Å². The maximum Gasteiger partial charge on any atom is 0.412 e. The van der Waals surface area contributed by atoms with Gasteiger partial charge in [-0.25, -0.2) is 4.79 Å². The Kier molecular flexibility index (Phi) is 9.59. The van der Waals surface area contributed by atoms with Crippen molar-refractivity contribution in [1.82, 2.24) is 9.80 Å². The van der Waals surface area contributed by atoms with E-state index >= 15 is 0 Å². The van der Waals surface area contributed by atoms with Gasteiger partial charge in [0, 0.05) is 25.0 Å². The van der Waals surface area contributed by atoms with E-state index in [4.69, 9.17) is 29.4 Å². The molecule has 4 fully saturated rings. The first kappa shape index (κ1) is 35.0. The van der Waals surface area contributed by atoms with Crippen LogP contribution in [0, 0.1) is 23.7 Å². The van der Waals surface area contributed by atoms with Gasteiger partial charge in [-0.05, 0) is 54.6 Å². The van der Waals surface area contributed by atoms with E-state index in [9.17, 15) is 24.6 Å². The number of cyclic esters (lactones) is 1. The minimum atomic E-state index is -1.87. The van der Waals surface area contributed by atoms with Crippen molar-refractivity contribution in [3.8, 4) is 0 Å². The smallest absolute Gasteiger partial charge is 0.412 e. The van der Waals surface area contributed by atoms with Crippen LogP contribution in [-0.4, -0.2) is 125 Å². The molecule has 0 spiro atoms. The fourth-order valence-electron chi connectivity index (χ4n) is 8.36. The molecule has 44 heavy (non-hydrogen) atoms. The molecular formula is C31H53N3O10. The molecule has 0 aliphatic carbocycles. The number of ether oxygens (including phenoxy) is 5. The van der Waals surface area contributed by atoms with E-state index in [-0.39, 0.29) is 24.3 Å². The molecule has 13 heteroatoms. The predicted octanol–water partition coefficient (Wildman–Crippen LogP) is 1.26. The fraction of sp³-hybridized carbons (Fsp3) is 0.903. The zero-order valence-corrected chi connectivity index (χ0v) is 28.0.